The van der Waals surface area contributed by atoms with E-state index in [1.54, 1.807) is 0 Å². The van der Waals surface area contributed by atoms with Gasteiger partial charge in [0, 0.05) is 23.0 Å². The topological polar surface area (TPSA) is 81.5 Å². The summed E-state index contributed by atoms with van der Waals surface area (Å²) in [7, 11) is 0. The number of anilines is 1. The van der Waals surface area contributed by atoms with Crippen molar-refractivity contribution in [2.24, 2.45) is 0 Å². The lowest BCUT2D eigenvalue weighted by molar-refractivity contribution is -0.384. The molecule has 0 atom stereocenters. The summed E-state index contributed by atoms with van der Waals surface area (Å²) in [6.07, 6.45) is 0.877. The lowest BCUT2D eigenvalue weighted by Crippen LogP contribution is -2.13. The minimum atomic E-state index is -0.489. The first-order valence-corrected chi connectivity index (χ1v) is 7.77. The highest BCUT2D eigenvalue weighted by molar-refractivity contribution is 9.10. The Labute approximate surface area is 141 Å². The van der Waals surface area contributed by atoms with Crippen molar-refractivity contribution in [1.29, 1.82) is 0 Å². The predicted octanol–water partition coefficient (Wildman–Crippen LogP) is 4.16. The monoisotopic (exact) mass is 378 g/mol. The molecule has 0 aliphatic rings. The number of ether oxygens (including phenoxy) is 1. The van der Waals surface area contributed by atoms with Gasteiger partial charge in [-0.15, -0.1) is 0 Å². The van der Waals surface area contributed by atoms with Crippen molar-refractivity contribution in [1.82, 2.24) is 0 Å². The van der Waals surface area contributed by atoms with Gasteiger partial charge in [-0.05, 0) is 40.5 Å². The average Bonchev–Trinajstić information content (AvgIpc) is 2.54. The van der Waals surface area contributed by atoms with Gasteiger partial charge in [0.2, 0.25) is 5.91 Å². The van der Waals surface area contributed by atoms with Crippen LogP contribution in [0.25, 0.3) is 0 Å². The van der Waals surface area contributed by atoms with Crippen LogP contribution in [-0.4, -0.2) is 17.4 Å². The summed E-state index contributed by atoms with van der Waals surface area (Å²) in [5, 5.41) is 13.4. The van der Waals surface area contributed by atoms with Crippen molar-refractivity contribution in [2.75, 3.05) is 11.9 Å². The maximum absolute atomic E-state index is 11.9. The summed E-state index contributed by atoms with van der Waals surface area (Å²) >= 11 is 3.21. The highest BCUT2D eigenvalue weighted by Crippen LogP contribution is 2.27. The van der Waals surface area contributed by atoms with Gasteiger partial charge in [0.05, 0.1) is 17.2 Å². The summed E-state index contributed by atoms with van der Waals surface area (Å²) in [5.74, 6) is 0.599. The minimum absolute atomic E-state index is 0.0360. The fourth-order valence-corrected chi connectivity index (χ4v) is 2.34. The molecule has 0 heterocycles. The fraction of sp³-hybridized carbons (Fsp3) is 0.188. The first-order chi connectivity index (χ1) is 11.1. The molecular weight excluding hydrogens is 364 g/mol. The summed E-state index contributed by atoms with van der Waals surface area (Å²) in [4.78, 5) is 22.0. The molecule has 0 spiro atoms. The summed E-state index contributed by atoms with van der Waals surface area (Å²) in [6, 6.07) is 13.6. The Kier molecular flexibility index (Phi) is 6.10. The van der Waals surface area contributed by atoms with Crippen molar-refractivity contribution in [3.8, 4) is 5.75 Å². The van der Waals surface area contributed by atoms with Gasteiger partial charge in [-0.25, -0.2) is 0 Å². The number of nitro benzene ring substituents is 1. The minimum Gasteiger partial charge on any atom is -0.494 e. The van der Waals surface area contributed by atoms with E-state index in [-0.39, 0.29) is 11.6 Å². The van der Waals surface area contributed by atoms with Gasteiger partial charge >= 0.3 is 0 Å². The van der Waals surface area contributed by atoms with E-state index in [9.17, 15) is 14.9 Å². The number of halogens is 1. The number of amides is 1. The number of para-hydroxylation sites is 1. The second-order valence-corrected chi connectivity index (χ2v) is 5.59. The molecule has 0 aliphatic heterocycles. The summed E-state index contributed by atoms with van der Waals surface area (Å²) in [5.41, 5.74) is 0.468. The lowest BCUT2D eigenvalue weighted by atomic mass is 10.2. The third-order valence-electron chi connectivity index (χ3n) is 3.00. The van der Waals surface area contributed by atoms with E-state index in [4.69, 9.17) is 4.74 Å². The van der Waals surface area contributed by atoms with Crippen LogP contribution in [-0.2, 0) is 4.79 Å². The van der Waals surface area contributed by atoms with Crippen LogP contribution in [0.3, 0.4) is 0 Å². The van der Waals surface area contributed by atoms with Gasteiger partial charge in [0.25, 0.3) is 5.69 Å². The quantitative estimate of drug-likeness (QED) is 0.445. The first kappa shape index (κ1) is 17.0. The molecule has 0 radical (unpaired) electrons. The number of carbonyl (C=O) groups is 1. The van der Waals surface area contributed by atoms with Crippen molar-refractivity contribution < 1.29 is 14.5 Å². The van der Waals surface area contributed by atoms with Gasteiger partial charge in [-0.1, -0.05) is 18.2 Å². The molecule has 0 saturated carbocycles. The van der Waals surface area contributed by atoms with Crippen LogP contribution in [0, 0.1) is 10.1 Å². The van der Waals surface area contributed by atoms with Crippen LogP contribution < -0.4 is 10.1 Å². The second-order valence-electron chi connectivity index (χ2n) is 4.73. The summed E-state index contributed by atoms with van der Waals surface area (Å²) in [6.45, 7) is 0.443. The number of nitro groups is 1. The first-order valence-electron chi connectivity index (χ1n) is 6.98. The molecule has 2 aromatic carbocycles. The molecule has 1 N–H and O–H groups in total. The van der Waals surface area contributed by atoms with E-state index >= 15 is 0 Å². The number of rotatable bonds is 7. The zero-order chi connectivity index (χ0) is 16.7. The van der Waals surface area contributed by atoms with Crippen LogP contribution in [0.2, 0.25) is 0 Å². The predicted molar refractivity (Wildman–Crippen MR) is 90.6 cm³/mol. The maximum Gasteiger partial charge on any atom is 0.270 e. The number of nitrogens with one attached hydrogen (secondary N) is 1. The normalized spacial score (nSPS) is 10.1. The second kappa shape index (κ2) is 8.28. The van der Waals surface area contributed by atoms with Crippen molar-refractivity contribution >= 4 is 33.2 Å². The number of nitrogens with zero attached hydrogens (tertiary/aromatic N) is 1. The number of non-ortho nitro benzene ring substituents is 1. The van der Waals surface area contributed by atoms with Gasteiger partial charge in [0.1, 0.15) is 5.75 Å². The van der Waals surface area contributed by atoms with Crippen molar-refractivity contribution in [3.05, 3.63) is 63.1 Å². The van der Waals surface area contributed by atoms with Gasteiger partial charge in [0.15, 0.2) is 0 Å². The number of hydrogen-bond acceptors (Lipinski definition) is 4. The van der Waals surface area contributed by atoms with Crippen LogP contribution in [0.4, 0.5) is 11.4 Å². The molecule has 2 rings (SSSR count). The Bertz CT molecular complexity index is 692. The Balaban J connectivity index is 1.77. The number of benzene rings is 2. The van der Waals surface area contributed by atoms with E-state index < -0.39 is 4.92 Å². The molecule has 23 heavy (non-hydrogen) atoms. The zero-order valence-corrected chi connectivity index (χ0v) is 13.8. The van der Waals surface area contributed by atoms with Crippen LogP contribution in [0.5, 0.6) is 5.75 Å². The molecule has 2 aromatic rings. The SMILES string of the molecule is O=C(CCCOc1ccccc1)Nc1ccc([N+](=O)[O-])cc1Br. The van der Waals surface area contributed by atoms with E-state index in [0.29, 0.717) is 29.6 Å². The lowest BCUT2D eigenvalue weighted by Gasteiger charge is -2.08. The third-order valence-corrected chi connectivity index (χ3v) is 3.65. The molecule has 0 aliphatic carbocycles. The molecule has 0 bridgehead atoms. The van der Waals surface area contributed by atoms with Crippen molar-refractivity contribution in [2.45, 2.75) is 12.8 Å². The van der Waals surface area contributed by atoms with E-state index in [1.807, 2.05) is 30.3 Å². The zero-order valence-electron chi connectivity index (χ0n) is 12.2. The van der Waals surface area contributed by atoms with Gasteiger partial charge in [-0.3, -0.25) is 14.9 Å². The van der Waals surface area contributed by atoms with Crippen LogP contribution >= 0.6 is 15.9 Å². The molecule has 0 fully saturated rings. The highest BCUT2D eigenvalue weighted by atomic mass is 79.9. The number of carbonyl (C=O) groups excluding carboxylic acids is 1. The molecule has 1 amide bonds. The maximum atomic E-state index is 11.9. The third kappa shape index (κ3) is 5.37. The Morgan fingerprint density at radius 1 is 1.22 bits per heavy atom. The standard InChI is InChI=1S/C16H15BrN2O4/c17-14-11-12(19(21)22)8-9-15(14)18-16(20)7-4-10-23-13-5-2-1-3-6-13/h1-3,5-6,8-9,11H,4,7,10H2,(H,18,20). The Morgan fingerprint density at radius 2 is 1.96 bits per heavy atom. The molecule has 7 heteroatoms. The molecule has 6 nitrogen and oxygen atoms in total. The smallest absolute Gasteiger partial charge is 0.270 e. The average molecular weight is 379 g/mol. The molecular formula is C16H15BrN2O4. The van der Waals surface area contributed by atoms with E-state index in [2.05, 4.69) is 21.2 Å². The molecule has 120 valence electrons. The Hall–Kier alpha value is -2.41. The largest absolute Gasteiger partial charge is 0.494 e. The number of hydrogen-bond donors (Lipinski definition) is 1. The molecule has 0 saturated heterocycles. The van der Waals surface area contributed by atoms with Crippen molar-refractivity contribution in [3.63, 3.8) is 0 Å². The Morgan fingerprint density at radius 3 is 2.61 bits per heavy atom. The van der Waals surface area contributed by atoms with Crippen LogP contribution in [0.15, 0.2) is 53.0 Å². The molecule has 0 aromatic heterocycles. The van der Waals surface area contributed by atoms with E-state index in [1.165, 1.54) is 18.2 Å². The van der Waals surface area contributed by atoms with Gasteiger partial charge in [-0.2, -0.15) is 0 Å². The summed E-state index contributed by atoms with van der Waals surface area (Å²) < 4.78 is 5.98. The van der Waals surface area contributed by atoms with Crippen LogP contribution in [0.1, 0.15) is 12.8 Å². The highest BCUT2D eigenvalue weighted by Gasteiger charge is 2.11. The molecule has 0 unspecified atom stereocenters. The van der Waals surface area contributed by atoms with E-state index in [0.717, 1.165) is 5.75 Å². The fourth-order valence-electron chi connectivity index (χ4n) is 1.87. The van der Waals surface area contributed by atoms with Gasteiger partial charge < -0.3 is 10.1 Å².